The van der Waals surface area contributed by atoms with E-state index < -0.39 is 0 Å². The SMILES string of the molecule is O=C(Cc1ccc2c(c1)OCO2)N1CCCC[C@H]1CN1CCCC1. The van der Waals surface area contributed by atoms with Gasteiger partial charge in [-0.2, -0.15) is 0 Å². The van der Waals surface area contributed by atoms with E-state index in [1.54, 1.807) is 0 Å². The normalized spacial score (nSPS) is 23.7. The van der Waals surface area contributed by atoms with Crippen LogP contribution in [-0.4, -0.2) is 54.7 Å². The summed E-state index contributed by atoms with van der Waals surface area (Å²) in [6.45, 7) is 4.62. The van der Waals surface area contributed by atoms with Gasteiger partial charge >= 0.3 is 0 Å². The van der Waals surface area contributed by atoms with Crippen molar-refractivity contribution in [3.63, 3.8) is 0 Å². The number of ether oxygens (including phenoxy) is 2. The maximum atomic E-state index is 12.9. The molecule has 0 radical (unpaired) electrons. The fourth-order valence-corrected chi connectivity index (χ4v) is 4.11. The van der Waals surface area contributed by atoms with Crippen LogP contribution in [0.2, 0.25) is 0 Å². The predicted molar refractivity (Wildman–Crippen MR) is 91.3 cm³/mol. The number of piperidine rings is 1. The predicted octanol–water partition coefficient (Wildman–Crippen LogP) is 2.43. The molecule has 1 aromatic carbocycles. The van der Waals surface area contributed by atoms with Crippen molar-refractivity contribution in [2.24, 2.45) is 0 Å². The zero-order valence-electron chi connectivity index (χ0n) is 14.2. The number of hydrogen-bond donors (Lipinski definition) is 0. The standard InChI is InChI=1S/C19H26N2O3/c22-19(12-15-6-7-17-18(11-15)24-14-23-17)21-10-2-1-5-16(21)13-20-8-3-4-9-20/h6-7,11,16H,1-5,8-10,12-14H2/t16-/m0/s1. The Hall–Kier alpha value is -1.75. The van der Waals surface area contributed by atoms with Crippen LogP contribution >= 0.6 is 0 Å². The molecule has 0 spiro atoms. The van der Waals surface area contributed by atoms with E-state index in [1.165, 1.54) is 32.4 Å². The van der Waals surface area contributed by atoms with Crippen LogP contribution in [0.3, 0.4) is 0 Å². The summed E-state index contributed by atoms with van der Waals surface area (Å²) in [6, 6.07) is 6.21. The lowest BCUT2D eigenvalue weighted by molar-refractivity contribution is -0.134. The Morgan fingerprint density at radius 3 is 2.71 bits per heavy atom. The fraction of sp³-hybridized carbons (Fsp3) is 0.632. The number of benzene rings is 1. The van der Waals surface area contributed by atoms with E-state index in [2.05, 4.69) is 9.80 Å². The van der Waals surface area contributed by atoms with Gasteiger partial charge in [-0.3, -0.25) is 4.79 Å². The van der Waals surface area contributed by atoms with Gasteiger partial charge in [0.25, 0.3) is 0 Å². The Morgan fingerprint density at radius 1 is 1.04 bits per heavy atom. The number of carbonyl (C=O) groups is 1. The van der Waals surface area contributed by atoms with Crippen LogP contribution in [0.15, 0.2) is 18.2 Å². The van der Waals surface area contributed by atoms with E-state index in [1.807, 2.05) is 18.2 Å². The highest BCUT2D eigenvalue weighted by Crippen LogP contribution is 2.33. The van der Waals surface area contributed by atoms with Crippen LogP contribution in [0.4, 0.5) is 0 Å². The Morgan fingerprint density at radius 2 is 1.83 bits per heavy atom. The van der Waals surface area contributed by atoms with Crippen LogP contribution in [0.1, 0.15) is 37.7 Å². The Kier molecular flexibility index (Phi) is 4.60. The van der Waals surface area contributed by atoms with Gasteiger partial charge < -0.3 is 19.3 Å². The molecule has 3 heterocycles. The molecule has 0 unspecified atom stereocenters. The summed E-state index contributed by atoms with van der Waals surface area (Å²) in [5.74, 6) is 1.78. The maximum absolute atomic E-state index is 12.9. The topological polar surface area (TPSA) is 42.0 Å². The molecule has 0 saturated carbocycles. The average molecular weight is 330 g/mol. The Bertz CT molecular complexity index is 598. The summed E-state index contributed by atoms with van der Waals surface area (Å²) in [7, 11) is 0. The lowest BCUT2D eigenvalue weighted by Gasteiger charge is -2.38. The summed E-state index contributed by atoms with van der Waals surface area (Å²) in [4.78, 5) is 17.5. The summed E-state index contributed by atoms with van der Waals surface area (Å²) < 4.78 is 10.8. The van der Waals surface area contributed by atoms with E-state index in [4.69, 9.17) is 9.47 Å². The number of carbonyl (C=O) groups excluding carboxylic acids is 1. The van der Waals surface area contributed by atoms with Gasteiger partial charge in [-0.15, -0.1) is 0 Å². The van der Waals surface area contributed by atoms with Gasteiger partial charge in [-0.05, 0) is 62.9 Å². The van der Waals surface area contributed by atoms with Crippen molar-refractivity contribution >= 4 is 5.91 Å². The molecule has 0 N–H and O–H groups in total. The second kappa shape index (κ2) is 7.01. The quantitative estimate of drug-likeness (QED) is 0.850. The molecule has 4 rings (SSSR count). The molecule has 24 heavy (non-hydrogen) atoms. The van der Waals surface area contributed by atoms with Gasteiger partial charge in [-0.1, -0.05) is 6.07 Å². The monoisotopic (exact) mass is 330 g/mol. The highest BCUT2D eigenvalue weighted by Gasteiger charge is 2.29. The van der Waals surface area contributed by atoms with Crippen molar-refractivity contribution in [1.29, 1.82) is 0 Å². The van der Waals surface area contributed by atoms with Gasteiger partial charge in [0.2, 0.25) is 12.7 Å². The molecule has 3 aliphatic heterocycles. The molecule has 5 nitrogen and oxygen atoms in total. The third-order valence-corrected chi connectivity index (χ3v) is 5.41. The van der Waals surface area contributed by atoms with E-state index >= 15 is 0 Å². The van der Waals surface area contributed by atoms with Crippen molar-refractivity contribution in [1.82, 2.24) is 9.80 Å². The zero-order valence-corrected chi connectivity index (χ0v) is 14.2. The summed E-state index contributed by atoms with van der Waals surface area (Å²) in [5, 5.41) is 0. The highest BCUT2D eigenvalue weighted by atomic mass is 16.7. The summed E-state index contributed by atoms with van der Waals surface area (Å²) >= 11 is 0. The minimum absolute atomic E-state index is 0.248. The second-order valence-corrected chi connectivity index (χ2v) is 7.11. The molecule has 5 heteroatoms. The molecule has 2 fully saturated rings. The molecular formula is C19H26N2O3. The number of likely N-dealkylation sites (tertiary alicyclic amines) is 2. The lowest BCUT2D eigenvalue weighted by atomic mass is 10.00. The number of rotatable bonds is 4. The zero-order chi connectivity index (χ0) is 16.4. The molecule has 0 aromatic heterocycles. The minimum Gasteiger partial charge on any atom is -0.454 e. The van der Waals surface area contributed by atoms with Crippen LogP contribution in [0, 0.1) is 0 Å². The molecule has 130 valence electrons. The minimum atomic E-state index is 0.248. The largest absolute Gasteiger partial charge is 0.454 e. The van der Waals surface area contributed by atoms with Crippen molar-refractivity contribution < 1.29 is 14.3 Å². The first kappa shape index (κ1) is 15.8. The lowest BCUT2D eigenvalue weighted by Crippen LogP contribution is -2.49. The van der Waals surface area contributed by atoms with Crippen molar-refractivity contribution in [2.45, 2.75) is 44.6 Å². The summed E-state index contributed by atoms with van der Waals surface area (Å²) in [5.41, 5.74) is 1.01. The first-order chi connectivity index (χ1) is 11.8. The van der Waals surface area contributed by atoms with Crippen molar-refractivity contribution in [3.05, 3.63) is 23.8 Å². The number of amides is 1. The van der Waals surface area contributed by atoms with E-state index in [-0.39, 0.29) is 12.7 Å². The van der Waals surface area contributed by atoms with Crippen molar-refractivity contribution in [2.75, 3.05) is 33.0 Å². The van der Waals surface area contributed by atoms with Crippen LogP contribution in [0.25, 0.3) is 0 Å². The number of hydrogen-bond acceptors (Lipinski definition) is 4. The molecule has 1 aromatic rings. The molecule has 2 saturated heterocycles. The third-order valence-electron chi connectivity index (χ3n) is 5.41. The fourth-order valence-electron chi connectivity index (χ4n) is 4.11. The average Bonchev–Trinajstić information content (AvgIpc) is 3.26. The molecule has 1 amide bonds. The molecule has 3 aliphatic rings. The Labute approximate surface area is 143 Å². The molecule has 0 aliphatic carbocycles. The van der Waals surface area contributed by atoms with E-state index in [0.717, 1.165) is 43.0 Å². The number of fused-ring (bicyclic) bond motifs is 1. The first-order valence-corrected chi connectivity index (χ1v) is 9.20. The van der Waals surface area contributed by atoms with Gasteiger partial charge in [0, 0.05) is 19.1 Å². The van der Waals surface area contributed by atoms with Gasteiger partial charge in [0.1, 0.15) is 0 Å². The van der Waals surface area contributed by atoms with Crippen LogP contribution < -0.4 is 9.47 Å². The first-order valence-electron chi connectivity index (χ1n) is 9.20. The molecule has 0 bridgehead atoms. The summed E-state index contributed by atoms with van der Waals surface area (Å²) in [6.07, 6.45) is 6.57. The van der Waals surface area contributed by atoms with Crippen molar-refractivity contribution in [3.8, 4) is 11.5 Å². The third kappa shape index (κ3) is 3.36. The second-order valence-electron chi connectivity index (χ2n) is 7.11. The van der Waals surface area contributed by atoms with Gasteiger partial charge in [0.15, 0.2) is 11.5 Å². The van der Waals surface area contributed by atoms with E-state index in [0.29, 0.717) is 12.5 Å². The Balaban J connectivity index is 1.41. The molecule has 1 atom stereocenters. The van der Waals surface area contributed by atoms with Crippen LogP contribution in [0.5, 0.6) is 11.5 Å². The van der Waals surface area contributed by atoms with E-state index in [9.17, 15) is 4.79 Å². The molecular weight excluding hydrogens is 304 g/mol. The maximum Gasteiger partial charge on any atom is 0.231 e. The number of nitrogens with zero attached hydrogens (tertiary/aromatic N) is 2. The smallest absolute Gasteiger partial charge is 0.231 e. The van der Waals surface area contributed by atoms with Gasteiger partial charge in [0.05, 0.1) is 6.42 Å². The highest BCUT2D eigenvalue weighted by molar-refractivity contribution is 5.79. The van der Waals surface area contributed by atoms with Crippen LogP contribution in [-0.2, 0) is 11.2 Å². The van der Waals surface area contributed by atoms with Gasteiger partial charge in [-0.25, -0.2) is 0 Å².